The molecule has 2 unspecified atom stereocenters. The lowest BCUT2D eigenvalue weighted by Crippen LogP contribution is -2.37. The number of benzene rings is 2. The van der Waals surface area contributed by atoms with Crippen LogP contribution in [-0.2, 0) is 6.54 Å². The molecule has 2 aromatic carbocycles. The van der Waals surface area contributed by atoms with Crippen LogP contribution in [0.1, 0.15) is 23.6 Å². The Labute approximate surface area is 205 Å². The van der Waals surface area contributed by atoms with E-state index in [9.17, 15) is 4.39 Å². The van der Waals surface area contributed by atoms with E-state index in [-0.39, 0.29) is 41.0 Å². The van der Waals surface area contributed by atoms with E-state index in [2.05, 4.69) is 15.2 Å². The molecule has 9 heteroatoms. The smallest absolute Gasteiger partial charge is 0.188 e. The van der Waals surface area contributed by atoms with Crippen molar-refractivity contribution in [2.75, 3.05) is 34.4 Å². The van der Waals surface area contributed by atoms with Gasteiger partial charge in [-0.25, -0.2) is 9.38 Å². The predicted octanol–water partition coefficient (Wildman–Crippen LogP) is 4.21. The number of likely N-dealkylation sites (tertiary alicyclic amines) is 1. The SMILES string of the molecule is COc1ccc(CN=C(N)NCC2CCN(C)C2c2ccc(Cl)c(F)c2)cc1OC.I. The van der Waals surface area contributed by atoms with Gasteiger partial charge in [0.05, 0.1) is 25.8 Å². The van der Waals surface area contributed by atoms with Crippen LogP contribution in [0.4, 0.5) is 4.39 Å². The van der Waals surface area contributed by atoms with E-state index in [4.69, 9.17) is 26.8 Å². The standard InChI is InChI=1S/C22H28ClFN4O2.HI/c1-28-9-8-16(21(28)15-5-6-17(23)18(24)11-15)13-27-22(25)26-12-14-4-7-19(29-2)20(10-14)30-3;/h4-7,10-11,16,21H,8-9,12-13H2,1-3H3,(H3,25,26,27);1H. The Morgan fingerprint density at radius 2 is 1.97 bits per heavy atom. The maximum Gasteiger partial charge on any atom is 0.188 e. The van der Waals surface area contributed by atoms with Gasteiger partial charge in [0.25, 0.3) is 0 Å². The highest BCUT2D eigenvalue weighted by atomic mass is 127. The molecule has 1 aliphatic heterocycles. The van der Waals surface area contributed by atoms with Crippen molar-refractivity contribution in [3.8, 4) is 11.5 Å². The first-order chi connectivity index (χ1) is 14.4. The summed E-state index contributed by atoms with van der Waals surface area (Å²) in [6.07, 6.45) is 0.987. The van der Waals surface area contributed by atoms with Gasteiger partial charge >= 0.3 is 0 Å². The number of nitrogens with zero attached hydrogens (tertiary/aromatic N) is 2. The maximum atomic E-state index is 13.9. The van der Waals surface area contributed by atoms with E-state index in [1.54, 1.807) is 20.3 Å². The number of guanidine groups is 1. The fraction of sp³-hybridized carbons (Fsp3) is 0.409. The molecule has 1 fully saturated rings. The number of methoxy groups -OCH3 is 2. The van der Waals surface area contributed by atoms with Gasteiger partial charge in [-0.3, -0.25) is 4.90 Å². The van der Waals surface area contributed by atoms with Crippen LogP contribution < -0.4 is 20.5 Å². The molecule has 0 saturated carbocycles. The van der Waals surface area contributed by atoms with E-state index in [1.807, 2.05) is 31.3 Å². The molecule has 170 valence electrons. The molecule has 0 amide bonds. The third-order valence-corrected chi connectivity index (χ3v) is 5.79. The highest BCUT2D eigenvalue weighted by molar-refractivity contribution is 14.0. The second kappa shape index (κ2) is 11.7. The molecule has 1 saturated heterocycles. The number of hydrogen-bond donors (Lipinski definition) is 2. The summed E-state index contributed by atoms with van der Waals surface area (Å²) in [5, 5.41) is 3.36. The van der Waals surface area contributed by atoms with Gasteiger partial charge in [-0.2, -0.15) is 0 Å². The van der Waals surface area contributed by atoms with Gasteiger partial charge < -0.3 is 20.5 Å². The van der Waals surface area contributed by atoms with Gasteiger partial charge in [-0.1, -0.05) is 23.7 Å². The van der Waals surface area contributed by atoms with Crippen LogP contribution in [0.3, 0.4) is 0 Å². The zero-order valence-corrected chi connectivity index (χ0v) is 21.0. The molecule has 0 spiro atoms. The lowest BCUT2D eigenvalue weighted by atomic mass is 9.93. The van der Waals surface area contributed by atoms with E-state index in [0.717, 1.165) is 24.1 Å². The zero-order chi connectivity index (χ0) is 21.7. The Bertz CT molecular complexity index is 915. The average Bonchev–Trinajstić information content (AvgIpc) is 3.12. The summed E-state index contributed by atoms with van der Waals surface area (Å²) in [5.74, 6) is 1.60. The number of halogens is 3. The number of nitrogens with two attached hydrogens (primary N) is 1. The summed E-state index contributed by atoms with van der Waals surface area (Å²) < 4.78 is 24.5. The summed E-state index contributed by atoms with van der Waals surface area (Å²) in [6.45, 7) is 2.01. The average molecular weight is 563 g/mol. The van der Waals surface area contributed by atoms with Gasteiger partial charge in [0.1, 0.15) is 5.82 Å². The minimum Gasteiger partial charge on any atom is -0.493 e. The largest absolute Gasteiger partial charge is 0.493 e. The normalized spacial score (nSPS) is 19.1. The van der Waals surface area contributed by atoms with Crippen LogP contribution in [0.15, 0.2) is 41.4 Å². The van der Waals surface area contributed by atoms with E-state index >= 15 is 0 Å². The Hall–Kier alpha value is -1.78. The molecule has 31 heavy (non-hydrogen) atoms. The second-order valence-corrected chi connectivity index (χ2v) is 7.83. The first kappa shape index (κ1) is 25.5. The van der Waals surface area contributed by atoms with Crippen molar-refractivity contribution in [2.24, 2.45) is 16.6 Å². The van der Waals surface area contributed by atoms with Crippen LogP contribution in [0.25, 0.3) is 0 Å². The number of hydrogen-bond acceptors (Lipinski definition) is 4. The second-order valence-electron chi connectivity index (χ2n) is 7.42. The van der Waals surface area contributed by atoms with Gasteiger partial charge in [0.2, 0.25) is 0 Å². The summed E-state index contributed by atoms with van der Waals surface area (Å²) >= 11 is 5.84. The van der Waals surface area contributed by atoms with E-state index < -0.39 is 5.82 Å². The van der Waals surface area contributed by atoms with Crippen molar-refractivity contribution in [1.29, 1.82) is 0 Å². The Balaban J connectivity index is 0.00000341. The van der Waals surface area contributed by atoms with E-state index in [1.165, 1.54) is 6.07 Å². The topological polar surface area (TPSA) is 72.1 Å². The van der Waals surface area contributed by atoms with Crippen LogP contribution in [0, 0.1) is 11.7 Å². The number of rotatable bonds is 7. The Kier molecular flexibility index (Phi) is 9.64. The summed E-state index contributed by atoms with van der Waals surface area (Å²) in [6, 6.07) is 10.8. The highest BCUT2D eigenvalue weighted by Crippen LogP contribution is 2.36. The first-order valence-electron chi connectivity index (χ1n) is 9.82. The number of ether oxygens (including phenoxy) is 2. The summed E-state index contributed by atoms with van der Waals surface area (Å²) in [5.41, 5.74) is 7.97. The van der Waals surface area contributed by atoms with Crippen molar-refractivity contribution in [1.82, 2.24) is 10.2 Å². The van der Waals surface area contributed by atoms with Crippen molar-refractivity contribution < 1.29 is 13.9 Å². The maximum absolute atomic E-state index is 13.9. The molecular weight excluding hydrogens is 534 g/mol. The monoisotopic (exact) mass is 562 g/mol. The molecule has 2 aromatic rings. The molecular formula is C22H29ClFIN4O2. The van der Waals surface area contributed by atoms with Gasteiger partial charge in [0, 0.05) is 12.6 Å². The molecule has 2 atom stereocenters. The number of nitrogens with one attached hydrogen (secondary N) is 1. The van der Waals surface area contributed by atoms with Crippen LogP contribution in [0.5, 0.6) is 11.5 Å². The molecule has 3 N–H and O–H groups in total. The molecule has 1 aliphatic rings. The molecule has 0 aliphatic carbocycles. The lowest BCUT2D eigenvalue weighted by Gasteiger charge is -2.26. The lowest BCUT2D eigenvalue weighted by molar-refractivity contribution is 0.276. The zero-order valence-electron chi connectivity index (χ0n) is 17.9. The molecule has 1 heterocycles. The van der Waals surface area contributed by atoms with Crippen LogP contribution >= 0.6 is 35.6 Å². The van der Waals surface area contributed by atoms with Crippen LogP contribution in [0.2, 0.25) is 5.02 Å². The molecule has 0 aromatic heterocycles. The van der Waals surface area contributed by atoms with Crippen molar-refractivity contribution in [3.63, 3.8) is 0 Å². The molecule has 0 bridgehead atoms. The van der Waals surface area contributed by atoms with Gasteiger partial charge in [-0.05, 0) is 61.3 Å². The fourth-order valence-electron chi connectivity index (χ4n) is 3.91. The summed E-state index contributed by atoms with van der Waals surface area (Å²) in [7, 11) is 5.25. The summed E-state index contributed by atoms with van der Waals surface area (Å²) in [4.78, 5) is 6.65. The third kappa shape index (κ3) is 6.36. The first-order valence-corrected chi connectivity index (χ1v) is 10.2. The van der Waals surface area contributed by atoms with Crippen LogP contribution in [-0.4, -0.2) is 45.2 Å². The van der Waals surface area contributed by atoms with Gasteiger partial charge in [-0.15, -0.1) is 24.0 Å². The molecule has 0 radical (unpaired) electrons. The highest BCUT2D eigenvalue weighted by Gasteiger charge is 2.33. The minimum absolute atomic E-state index is 0. The van der Waals surface area contributed by atoms with Crippen molar-refractivity contribution in [3.05, 3.63) is 58.4 Å². The quantitative estimate of drug-likeness (QED) is 0.301. The van der Waals surface area contributed by atoms with Crippen molar-refractivity contribution >= 4 is 41.5 Å². The van der Waals surface area contributed by atoms with E-state index in [0.29, 0.717) is 30.5 Å². The predicted molar refractivity (Wildman–Crippen MR) is 133 cm³/mol. The number of aliphatic imine (C=N–C) groups is 1. The third-order valence-electron chi connectivity index (χ3n) is 5.48. The fourth-order valence-corrected chi connectivity index (χ4v) is 4.03. The van der Waals surface area contributed by atoms with Crippen molar-refractivity contribution in [2.45, 2.75) is 19.0 Å². The molecule has 3 rings (SSSR count). The Morgan fingerprint density at radius 3 is 2.65 bits per heavy atom. The van der Waals surface area contributed by atoms with Gasteiger partial charge in [0.15, 0.2) is 17.5 Å². The Morgan fingerprint density at radius 1 is 1.23 bits per heavy atom. The minimum atomic E-state index is -0.392. The molecule has 6 nitrogen and oxygen atoms in total.